The summed E-state index contributed by atoms with van der Waals surface area (Å²) in [7, 11) is 3.25. The van der Waals surface area contributed by atoms with Crippen LogP contribution in [0.2, 0.25) is 0 Å². The highest BCUT2D eigenvalue weighted by Crippen LogP contribution is 2.35. The molecule has 0 radical (unpaired) electrons. The van der Waals surface area contributed by atoms with E-state index in [1.807, 2.05) is 29.2 Å². The standard InChI is InChI=1S/C23H19N3O3/c1-28-17-6-3-14(4-7-17)21(27)19-12-16-11-15-5-8-18(29-2)13-20(15)25-22(16)26-10-9-24-23(19)26/h3-8,11-13H,9-10H2,1-2H3. The number of carbonyl (C=O) groups excluding carboxylic acids is 1. The fourth-order valence-electron chi connectivity index (χ4n) is 3.77. The van der Waals surface area contributed by atoms with Crippen molar-refractivity contribution in [2.24, 2.45) is 4.99 Å². The molecule has 3 heterocycles. The third-order valence-electron chi connectivity index (χ3n) is 5.27. The van der Waals surface area contributed by atoms with Gasteiger partial charge in [-0.15, -0.1) is 0 Å². The molecular weight excluding hydrogens is 366 g/mol. The molecule has 0 fully saturated rings. The molecule has 29 heavy (non-hydrogen) atoms. The van der Waals surface area contributed by atoms with Gasteiger partial charge in [0.1, 0.15) is 23.2 Å². The average molecular weight is 385 g/mol. The van der Waals surface area contributed by atoms with Gasteiger partial charge in [0, 0.05) is 29.1 Å². The summed E-state index contributed by atoms with van der Waals surface area (Å²) in [6.45, 7) is 1.35. The number of rotatable bonds is 4. The summed E-state index contributed by atoms with van der Waals surface area (Å²) in [4.78, 5) is 24.7. The van der Waals surface area contributed by atoms with E-state index in [1.54, 1.807) is 38.5 Å². The molecule has 0 N–H and O–H groups in total. The van der Waals surface area contributed by atoms with Crippen LogP contribution in [0.5, 0.6) is 11.5 Å². The highest BCUT2D eigenvalue weighted by molar-refractivity contribution is 6.35. The number of benzene rings is 2. The Bertz CT molecular complexity index is 1200. The number of fused-ring (bicyclic) bond motifs is 4. The molecule has 6 nitrogen and oxygen atoms in total. The molecule has 0 atom stereocenters. The van der Waals surface area contributed by atoms with E-state index in [1.165, 1.54) is 0 Å². The zero-order valence-corrected chi connectivity index (χ0v) is 16.2. The van der Waals surface area contributed by atoms with Crippen LogP contribution in [0.3, 0.4) is 0 Å². The summed E-state index contributed by atoms with van der Waals surface area (Å²) in [6.07, 6.45) is 1.90. The largest absolute Gasteiger partial charge is 0.497 e. The fraction of sp³-hybridized carbons (Fsp3) is 0.174. The number of anilines is 1. The number of pyridine rings is 1. The number of ether oxygens (including phenoxy) is 2. The van der Waals surface area contributed by atoms with Crippen LogP contribution in [0.4, 0.5) is 5.82 Å². The van der Waals surface area contributed by atoms with Crippen LogP contribution in [0.1, 0.15) is 15.9 Å². The van der Waals surface area contributed by atoms with Crippen LogP contribution in [0.25, 0.3) is 17.0 Å². The maximum absolute atomic E-state index is 13.2. The summed E-state index contributed by atoms with van der Waals surface area (Å²) in [5.74, 6) is 2.94. The van der Waals surface area contributed by atoms with Gasteiger partial charge in [0.2, 0.25) is 0 Å². The normalized spacial score (nSPS) is 14.8. The second kappa shape index (κ2) is 6.74. The zero-order chi connectivity index (χ0) is 20.0. The number of aliphatic imine (C=N–C) groups is 1. The molecule has 2 aliphatic rings. The molecule has 0 unspecified atom stereocenters. The number of aromatic nitrogens is 1. The van der Waals surface area contributed by atoms with Crippen LogP contribution in [0, 0.1) is 0 Å². The van der Waals surface area contributed by atoms with E-state index in [2.05, 4.69) is 11.1 Å². The molecule has 0 spiro atoms. The fourth-order valence-corrected chi connectivity index (χ4v) is 3.77. The first-order chi connectivity index (χ1) is 14.2. The smallest absolute Gasteiger partial charge is 0.196 e. The number of amidine groups is 1. The van der Waals surface area contributed by atoms with Crippen molar-refractivity contribution in [2.45, 2.75) is 0 Å². The molecular formula is C23H19N3O3. The Labute approximate surface area is 168 Å². The third-order valence-corrected chi connectivity index (χ3v) is 5.27. The first-order valence-corrected chi connectivity index (χ1v) is 9.39. The zero-order valence-electron chi connectivity index (χ0n) is 16.2. The Hall–Kier alpha value is -3.67. The van der Waals surface area contributed by atoms with Gasteiger partial charge in [0.05, 0.1) is 31.9 Å². The van der Waals surface area contributed by atoms with Crippen molar-refractivity contribution in [3.8, 4) is 11.5 Å². The Morgan fingerprint density at radius 3 is 2.52 bits per heavy atom. The first kappa shape index (κ1) is 17.4. The van der Waals surface area contributed by atoms with Crippen LogP contribution in [0.15, 0.2) is 59.1 Å². The molecule has 0 aliphatic carbocycles. The molecule has 2 aromatic carbocycles. The number of nitrogens with zero attached hydrogens (tertiary/aromatic N) is 3. The average Bonchev–Trinajstić information content (AvgIpc) is 3.26. The Morgan fingerprint density at radius 2 is 1.76 bits per heavy atom. The van der Waals surface area contributed by atoms with Gasteiger partial charge in [0.25, 0.3) is 0 Å². The lowest BCUT2D eigenvalue weighted by Crippen LogP contribution is -2.35. The minimum absolute atomic E-state index is 0.0567. The third kappa shape index (κ3) is 2.84. The van der Waals surface area contributed by atoms with Gasteiger partial charge in [-0.05, 0) is 48.5 Å². The Balaban J connectivity index is 1.63. The lowest BCUT2D eigenvalue weighted by atomic mass is 9.96. The summed E-state index contributed by atoms with van der Waals surface area (Å²) in [5.41, 5.74) is 2.97. The highest BCUT2D eigenvalue weighted by atomic mass is 16.5. The van der Waals surface area contributed by atoms with E-state index in [4.69, 9.17) is 14.5 Å². The molecule has 144 valence electrons. The molecule has 1 aromatic heterocycles. The van der Waals surface area contributed by atoms with E-state index in [0.29, 0.717) is 30.1 Å². The summed E-state index contributed by atoms with van der Waals surface area (Å²) < 4.78 is 10.5. The Morgan fingerprint density at radius 1 is 1.00 bits per heavy atom. The van der Waals surface area contributed by atoms with Crippen LogP contribution in [-0.4, -0.2) is 43.9 Å². The van der Waals surface area contributed by atoms with E-state index >= 15 is 0 Å². The number of Topliss-reactive ketones (excluding diaryl/α,β-unsaturated/α-hetero) is 1. The predicted octanol–water partition coefficient (Wildman–Crippen LogP) is 3.75. The summed E-state index contributed by atoms with van der Waals surface area (Å²) >= 11 is 0. The second-order valence-electron chi connectivity index (χ2n) is 6.93. The molecule has 6 heteroatoms. The van der Waals surface area contributed by atoms with Gasteiger partial charge in [-0.1, -0.05) is 0 Å². The number of hydrogen-bond acceptors (Lipinski definition) is 6. The van der Waals surface area contributed by atoms with Gasteiger partial charge >= 0.3 is 0 Å². The number of carbonyl (C=O) groups is 1. The monoisotopic (exact) mass is 385 g/mol. The van der Waals surface area contributed by atoms with Crippen molar-refractivity contribution in [3.63, 3.8) is 0 Å². The van der Waals surface area contributed by atoms with Gasteiger partial charge in [-0.3, -0.25) is 9.79 Å². The number of hydrogen-bond donors (Lipinski definition) is 0. The van der Waals surface area contributed by atoms with Crippen molar-refractivity contribution in [1.29, 1.82) is 0 Å². The maximum atomic E-state index is 13.2. The molecule has 5 rings (SSSR count). The molecule has 0 amide bonds. The van der Waals surface area contributed by atoms with E-state index in [-0.39, 0.29) is 5.78 Å². The van der Waals surface area contributed by atoms with Crippen molar-refractivity contribution in [3.05, 3.63) is 65.2 Å². The maximum Gasteiger partial charge on any atom is 0.196 e. The molecule has 0 bridgehead atoms. The minimum Gasteiger partial charge on any atom is -0.497 e. The second-order valence-corrected chi connectivity index (χ2v) is 6.93. The van der Waals surface area contributed by atoms with Crippen molar-refractivity contribution >= 4 is 34.4 Å². The quantitative estimate of drug-likeness (QED) is 0.640. The van der Waals surface area contributed by atoms with Crippen LogP contribution >= 0.6 is 0 Å². The van der Waals surface area contributed by atoms with Gasteiger partial charge < -0.3 is 14.4 Å². The van der Waals surface area contributed by atoms with Crippen LogP contribution < -0.4 is 14.4 Å². The predicted molar refractivity (Wildman–Crippen MR) is 113 cm³/mol. The molecule has 3 aromatic rings. The summed E-state index contributed by atoms with van der Waals surface area (Å²) in [6, 6.07) is 15.0. The molecule has 0 saturated heterocycles. The van der Waals surface area contributed by atoms with E-state index in [9.17, 15) is 4.79 Å². The Kier molecular flexibility index (Phi) is 4.05. The first-order valence-electron chi connectivity index (χ1n) is 9.39. The SMILES string of the molecule is COc1ccc(C(=O)C2=Cc3cc4ccc(OC)cc4nc3N3CCN=C23)cc1. The lowest BCUT2D eigenvalue weighted by molar-refractivity contribution is 0.104. The molecule has 2 aliphatic heterocycles. The van der Waals surface area contributed by atoms with Gasteiger partial charge in [0.15, 0.2) is 5.78 Å². The van der Waals surface area contributed by atoms with E-state index < -0.39 is 0 Å². The highest BCUT2D eigenvalue weighted by Gasteiger charge is 2.33. The van der Waals surface area contributed by atoms with Crippen molar-refractivity contribution < 1.29 is 14.3 Å². The van der Waals surface area contributed by atoms with Gasteiger partial charge in [-0.25, -0.2) is 4.98 Å². The van der Waals surface area contributed by atoms with E-state index in [0.717, 1.165) is 33.8 Å². The molecule has 0 saturated carbocycles. The number of methoxy groups -OCH3 is 2. The van der Waals surface area contributed by atoms with Crippen molar-refractivity contribution in [2.75, 3.05) is 32.2 Å². The van der Waals surface area contributed by atoms with Crippen molar-refractivity contribution in [1.82, 2.24) is 4.98 Å². The topological polar surface area (TPSA) is 64.0 Å². The minimum atomic E-state index is -0.0567. The summed E-state index contributed by atoms with van der Waals surface area (Å²) in [5, 5.41) is 0.997. The lowest BCUT2D eigenvalue weighted by Gasteiger charge is -2.27. The van der Waals surface area contributed by atoms with Gasteiger partial charge in [-0.2, -0.15) is 0 Å². The number of ketones is 1. The van der Waals surface area contributed by atoms with Crippen LogP contribution in [-0.2, 0) is 0 Å².